The summed E-state index contributed by atoms with van der Waals surface area (Å²) in [5.41, 5.74) is 6.62. The lowest BCUT2D eigenvalue weighted by Gasteiger charge is -1.95. The quantitative estimate of drug-likeness (QED) is 0.426. The zero-order valence-electron chi connectivity index (χ0n) is 6.53. The number of carbonyl (C=O) groups is 1. The van der Waals surface area contributed by atoms with Crippen molar-refractivity contribution in [2.24, 2.45) is 0 Å². The summed E-state index contributed by atoms with van der Waals surface area (Å²) in [5, 5.41) is 0. The fourth-order valence-corrected chi connectivity index (χ4v) is 0.715. The SMILES string of the molecule is Cc1nc(N)ncc1C#CC=O. The van der Waals surface area contributed by atoms with Crippen LogP contribution in [0.25, 0.3) is 0 Å². The molecular formula is C8H7N3O. The molecule has 0 unspecified atom stereocenters. The second kappa shape index (κ2) is 3.49. The summed E-state index contributed by atoms with van der Waals surface area (Å²) < 4.78 is 0. The monoisotopic (exact) mass is 161 g/mol. The van der Waals surface area contributed by atoms with Gasteiger partial charge in [0.05, 0.1) is 11.3 Å². The van der Waals surface area contributed by atoms with Gasteiger partial charge in [-0.25, -0.2) is 9.97 Å². The molecular weight excluding hydrogens is 154 g/mol. The zero-order valence-corrected chi connectivity index (χ0v) is 6.53. The third kappa shape index (κ3) is 1.80. The molecule has 1 rings (SSSR count). The molecule has 0 saturated carbocycles. The molecule has 0 aliphatic carbocycles. The van der Waals surface area contributed by atoms with E-state index < -0.39 is 0 Å². The lowest BCUT2D eigenvalue weighted by Crippen LogP contribution is -1.98. The van der Waals surface area contributed by atoms with Crippen LogP contribution in [-0.2, 0) is 4.79 Å². The van der Waals surface area contributed by atoms with Crippen LogP contribution in [0.1, 0.15) is 11.3 Å². The molecule has 0 spiro atoms. The van der Waals surface area contributed by atoms with Crippen molar-refractivity contribution < 1.29 is 4.79 Å². The van der Waals surface area contributed by atoms with Gasteiger partial charge in [-0.15, -0.1) is 0 Å². The maximum atomic E-state index is 9.92. The molecule has 12 heavy (non-hydrogen) atoms. The molecule has 1 aromatic rings. The van der Waals surface area contributed by atoms with Gasteiger partial charge in [-0.2, -0.15) is 0 Å². The first kappa shape index (κ1) is 8.21. The maximum absolute atomic E-state index is 9.92. The van der Waals surface area contributed by atoms with E-state index in [2.05, 4.69) is 21.8 Å². The van der Waals surface area contributed by atoms with E-state index in [1.54, 1.807) is 6.92 Å². The number of nitrogen functional groups attached to an aromatic ring is 1. The minimum Gasteiger partial charge on any atom is -0.368 e. The average molecular weight is 161 g/mol. The van der Waals surface area contributed by atoms with Crippen molar-refractivity contribution in [3.8, 4) is 11.8 Å². The van der Waals surface area contributed by atoms with Gasteiger partial charge in [-0.1, -0.05) is 5.92 Å². The Morgan fingerprint density at radius 2 is 2.42 bits per heavy atom. The number of carbonyl (C=O) groups excluding carboxylic acids is 1. The van der Waals surface area contributed by atoms with E-state index >= 15 is 0 Å². The van der Waals surface area contributed by atoms with Crippen molar-refractivity contribution in [2.75, 3.05) is 5.73 Å². The predicted octanol–water partition coefficient (Wildman–Crippen LogP) is -0.0824. The maximum Gasteiger partial charge on any atom is 0.220 e. The minimum absolute atomic E-state index is 0.212. The van der Waals surface area contributed by atoms with Crippen molar-refractivity contribution in [1.82, 2.24) is 9.97 Å². The Balaban J connectivity index is 3.09. The normalized spacial score (nSPS) is 8.42. The van der Waals surface area contributed by atoms with Gasteiger partial charge in [0.25, 0.3) is 0 Å². The molecule has 60 valence electrons. The molecule has 1 aromatic heterocycles. The average Bonchev–Trinajstić information content (AvgIpc) is 2.03. The largest absolute Gasteiger partial charge is 0.368 e. The van der Waals surface area contributed by atoms with Crippen molar-refractivity contribution in [3.05, 3.63) is 17.5 Å². The van der Waals surface area contributed by atoms with Crippen LogP contribution in [0.3, 0.4) is 0 Å². The highest BCUT2D eigenvalue weighted by Crippen LogP contribution is 2.01. The van der Waals surface area contributed by atoms with Gasteiger partial charge in [0.15, 0.2) is 6.29 Å². The topological polar surface area (TPSA) is 68.9 Å². The molecule has 0 radical (unpaired) electrons. The Morgan fingerprint density at radius 1 is 1.67 bits per heavy atom. The van der Waals surface area contributed by atoms with E-state index in [4.69, 9.17) is 5.73 Å². The number of aromatic nitrogens is 2. The second-order valence-corrected chi connectivity index (χ2v) is 2.11. The number of rotatable bonds is 0. The third-order valence-corrected chi connectivity index (χ3v) is 1.26. The van der Waals surface area contributed by atoms with E-state index in [0.29, 0.717) is 17.5 Å². The minimum atomic E-state index is 0.212. The molecule has 4 heteroatoms. The van der Waals surface area contributed by atoms with E-state index in [0.717, 1.165) is 0 Å². The molecule has 0 atom stereocenters. The highest BCUT2D eigenvalue weighted by molar-refractivity contribution is 5.74. The van der Waals surface area contributed by atoms with Crippen molar-refractivity contribution in [1.29, 1.82) is 0 Å². The lowest BCUT2D eigenvalue weighted by atomic mass is 10.2. The fraction of sp³-hybridized carbons (Fsp3) is 0.125. The zero-order chi connectivity index (χ0) is 8.97. The molecule has 0 saturated heterocycles. The molecule has 0 amide bonds. The van der Waals surface area contributed by atoms with E-state index in [1.807, 2.05) is 0 Å². The summed E-state index contributed by atoms with van der Waals surface area (Å²) in [7, 11) is 0. The standard InChI is InChI=1S/C8H7N3O/c1-6-7(3-2-4-12)5-10-8(9)11-6/h4-5H,1H3,(H2,9,10,11). The first-order chi connectivity index (χ1) is 5.74. The molecule has 1 heterocycles. The third-order valence-electron chi connectivity index (χ3n) is 1.26. The first-order valence-electron chi connectivity index (χ1n) is 3.28. The summed E-state index contributed by atoms with van der Waals surface area (Å²) in [6, 6.07) is 0. The van der Waals surface area contributed by atoms with Crippen LogP contribution in [0.5, 0.6) is 0 Å². The van der Waals surface area contributed by atoms with Crippen molar-refractivity contribution >= 4 is 12.2 Å². The van der Waals surface area contributed by atoms with Gasteiger partial charge in [0.2, 0.25) is 5.95 Å². The van der Waals surface area contributed by atoms with Gasteiger partial charge in [-0.05, 0) is 12.8 Å². The molecule has 0 bridgehead atoms. The van der Waals surface area contributed by atoms with Crippen molar-refractivity contribution in [2.45, 2.75) is 6.92 Å². The summed E-state index contributed by atoms with van der Waals surface area (Å²) in [6.07, 6.45) is 2.02. The van der Waals surface area contributed by atoms with Crippen LogP contribution in [0.15, 0.2) is 6.20 Å². The van der Waals surface area contributed by atoms with Crippen LogP contribution in [0.4, 0.5) is 5.95 Å². The number of aryl methyl sites for hydroxylation is 1. The molecule has 0 fully saturated rings. The van der Waals surface area contributed by atoms with Crippen molar-refractivity contribution in [3.63, 3.8) is 0 Å². The van der Waals surface area contributed by atoms with Gasteiger partial charge >= 0.3 is 0 Å². The van der Waals surface area contributed by atoms with Crippen LogP contribution < -0.4 is 5.73 Å². The second-order valence-electron chi connectivity index (χ2n) is 2.11. The molecule has 4 nitrogen and oxygen atoms in total. The molecule has 0 aromatic carbocycles. The lowest BCUT2D eigenvalue weighted by molar-refractivity contribution is -0.103. The van der Waals surface area contributed by atoms with Gasteiger partial charge in [-0.3, -0.25) is 4.79 Å². The first-order valence-corrected chi connectivity index (χ1v) is 3.28. The van der Waals surface area contributed by atoms with E-state index in [1.165, 1.54) is 6.20 Å². The van der Waals surface area contributed by atoms with E-state index in [-0.39, 0.29) is 5.95 Å². The highest BCUT2D eigenvalue weighted by Gasteiger charge is 1.96. The Kier molecular flexibility index (Phi) is 2.38. The number of anilines is 1. The number of hydrogen-bond donors (Lipinski definition) is 1. The van der Waals surface area contributed by atoms with Crippen LogP contribution in [-0.4, -0.2) is 16.3 Å². The molecule has 0 aliphatic heterocycles. The highest BCUT2D eigenvalue weighted by atomic mass is 16.1. The summed E-state index contributed by atoms with van der Waals surface area (Å²) in [5.74, 6) is 5.08. The predicted molar refractivity (Wildman–Crippen MR) is 44.1 cm³/mol. The summed E-state index contributed by atoms with van der Waals surface area (Å²) in [6.45, 7) is 1.76. The van der Waals surface area contributed by atoms with Crippen LogP contribution in [0, 0.1) is 18.8 Å². The van der Waals surface area contributed by atoms with Crippen LogP contribution >= 0.6 is 0 Å². The van der Waals surface area contributed by atoms with E-state index in [9.17, 15) is 4.79 Å². The number of aldehydes is 1. The Hall–Kier alpha value is -1.89. The van der Waals surface area contributed by atoms with Gasteiger partial charge in [0.1, 0.15) is 0 Å². The molecule has 2 N–H and O–H groups in total. The molecule has 0 aliphatic rings. The Labute approximate surface area is 69.8 Å². The van der Waals surface area contributed by atoms with Gasteiger partial charge in [0, 0.05) is 6.20 Å². The van der Waals surface area contributed by atoms with Crippen LogP contribution in [0.2, 0.25) is 0 Å². The smallest absolute Gasteiger partial charge is 0.220 e. The fourth-order valence-electron chi connectivity index (χ4n) is 0.715. The Bertz CT molecular complexity index is 362. The number of nitrogens with two attached hydrogens (primary N) is 1. The summed E-state index contributed by atoms with van der Waals surface area (Å²) in [4.78, 5) is 17.5. The number of nitrogens with zero attached hydrogens (tertiary/aromatic N) is 2. The van der Waals surface area contributed by atoms with Gasteiger partial charge < -0.3 is 5.73 Å². The Morgan fingerprint density at radius 3 is 3.00 bits per heavy atom. The number of hydrogen-bond acceptors (Lipinski definition) is 4. The summed E-state index contributed by atoms with van der Waals surface area (Å²) >= 11 is 0.